The van der Waals surface area contributed by atoms with Gasteiger partial charge in [0.25, 0.3) is 0 Å². The van der Waals surface area contributed by atoms with Gasteiger partial charge in [0.1, 0.15) is 23.9 Å². The molecule has 0 amide bonds. The number of anilines is 1. The van der Waals surface area contributed by atoms with Gasteiger partial charge in [-0.15, -0.1) is 0 Å². The molecule has 1 unspecified atom stereocenters. The molecule has 5 aliphatic heterocycles. The molecule has 2 fully saturated rings. The zero-order chi connectivity index (χ0) is 44.1. The van der Waals surface area contributed by atoms with E-state index >= 15 is 4.79 Å². The van der Waals surface area contributed by atoms with Gasteiger partial charge in [-0.2, -0.15) is 0 Å². The van der Waals surface area contributed by atoms with E-state index in [1.54, 1.807) is 27.9 Å². The number of likely N-dealkylation sites (N-methyl/N-ethyl adjacent to an activating group) is 1. The molecule has 1 aliphatic carbocycles. The Morgan fingerprint density at radius 3 is 2.50 bits per heavy atom. The molecular weight excluding hydrogens is 785 g/mol. The van der Waals surface area contributed by atoms with Gasteiger partial charge in [0, 0.05) is 90.9 Å². The number of hydrogen-bond donors (Lipinski definition) is 2. The van der Waals surface area contributed by atoms with Crippen LogP contribution < -0.4 is 9.64 Å². The highest BCUT2D eigenvalue weighted by Gasteiger charge is 2.78. The Balaban J connectivity index is 1.34. The fourth-order valence-corrected chi connectivity index (χ4v) is 13.4. The lowest BCUT2D eigenvalue weighted by Gasteiger charge is -2.64. The van der Waals surface area contributed by atoms with Gasteiger partial charge in [0.2, 0.25) is 0 Å². The summed E-state index contributed by atoms with van der Waals surface area (Å²) in [6, 6.07) is 11.6. The second-order valence-corrected chi connectivity index (χ2v) is 20.0. The minimum absolute atomic E-state index is 0.0293. The number of fused-ring (bicyclic) bond motifs is 6. The molecule has 1 spiro atoms. The van der Waals surface area contributed by atoms with E-state index in [-0.39, 0.29) is 24.5 Å². The second-order valence-electron chi connectivity index (χ2n) is 20.0. The molecule has 1 saturated heterocycles. The van der Waals surface area contributed by atoms with E-state index in [0.717, 1.165) is 72.4 Å². The van der Waals surface area contributed by atoms with Crippen molar-refractivity contribution < 1.29 is 38.4 Å². The molecule has 62 heavy (non-hydrogen) atoms. The third kappa shape index (κ3) is 5.91. The Bertz CT molecular complexity index is 2380. The first-order valence-electron chi connectivity index (χ1n) is 22.6. The van der Waals surface area contributed by atoms with Crippen molar-refractivity contribution in [2.45, 2.75) is 108 Å². The monoisotopic (exact) mass is 848 g/mol. The average Bonchev–Trinajstić information content (AvgIpc) is 3.92. The minimum atomic E-state index is -1.87. The summed E-state index contributed by atoms with van der Waals surface area (Å²) in [5.74, 6) is -0.777. The first-order valence-corrected chi connectivity index (χ1v) is 22.6. The first-order chi connectivity index (χ1) is 29.5. The lowest BCUT2D eigenvalue weighted by atomic mass is 9.47. The van der Waals surface area contributed by atoms with Crippen LogP contribution in [0.1, 0.15) is 89.6 Å². The average molecular weight is 849 g/mol. The van der Waals surface area contributed by atoms with Crippen LogP contribution in [-0.2, 0) is 45.8 Å². The Morgan fingerprint density at radius 1 is 1.03 bits per heavy atom. The van der Waals surface area contributed by atoms with Crippen LogP contribution >= 0.6 is 0 Å². The zero-order valence-corrected chi connectivity index (χ0v) is 37.9. The summed E-state index contributed by atoms with van der Waals surface area (Å²) >= 11 is 0. The van der Waals surface area contributed by atoms with Crippen LogP contribution in [0.15, 0.2) is 60.2 Å². The quantitative estimate of drug-likeness (QED) is 0.152. The molecule has 3 aromatic rings. The molecule has 9 rings (SSSR count). The van der Waals surface area contributed by atoms with Gasteiger partial charge in [-0.05, 0) is 88.6 Å². The molecule has 0 radical (unpaired) electrons. The maximum atomic E-state index is 15.4. The fraction of sp³-hybridized carbons (Fsp3) is 0.580. The van der Waals surface area contributed by atoms with Crippen molar-refractivity contribution in [1.82, 2.24) is 14.8 Å². The number of nitrogens with zero attached hydrogens (tertiary/aromatic N) is 3. The van der Waals surface area contributed by atoms with Gasteiger partial charge in [-0.3, -0.25) is 24.2 Å². The molecule has 2 bridgehead atoms. The molecule has 332 valence electrons. The summed E-state index contributed by atoms with van der Waals surface area (Å²) in [4.78, 5) is 53.1. The maximum Gasteiger partial charge on any atom is 0.322 e. The van der Waals surface area contributed by atoms with Crippen LogP contribution in [0, 0.1) is 16.7 Å². The number of benzene rings is 2. The number of rotatable bonds is 8. The molecule has 1 saturated carbocycles. The normalized spacial score (nSPS) is 33.5. The Labute approximate surface area is 365 Å². The summed E-state index contributed by atoms with van der Waals surface area (Å²) in [5.41, 5.74) is 1.11. The van der Waals surface area contributed by atoms with E-state index in [0.29, 0.717) is 37.1 Å². The number of nitrogens with one attached hydrogen (secondary N) is 1. The van der Waals surface area contributed by atoms with Crippen LogP contribution in [0.25, 0.3) is 10.9 Å². The van der Waals surface area contributed by atoms with E-state index in [9.17, 15) is 14.7 Å². The van der Waals surface area contributed by atoms with Gasteiger partial charge in [-0.1, -0.05) is 55.8 Å². The predicted molar refractivity (Wildman–Crippen MR) is 237 cm³/mol. The summed E-state index contributed by atoms with van der Waals surface area (Å²) in [6.07, 6.45) is 8.94. The number of carbonyl (C=O) groups is 3. The lowest BCUT2D eigenvalue weighted by Crippen LogP contribution is -2.80. The standard InChI is InChI=1S/C50H64N4O8/c1-10-31-23-32-26-49(45(57)60-9,40-34(17-21-53(27-31)28-32)33-15-12-13-16-37(33)51-40)36-24-35-38(25-39(36)59-8)52(7)42-48(35)19-22-54-20-14-18-47(11-2,41(48)54)43(62-30(3)55)50(42,58)29-61-44(56)46(4,5)6/h12-16,18,23-25,32,41-43,51,58H,10-11,17,19-22,26-29H2,1-9H3/t32-,41-,42+,43+,47+,48+,49-,50-/m0/s1. The van der Waals surface area contributed by atoms with E-state index in [4.69, 9.17) is 18.9 Å². The van der Waals surface area contributed by atoms with E-state index in [2.05, 4.69) is 76.0 Å². The molecule has 2 aromatic carbocycles. The molecule has 1 aromatic heterocycles. The second kappa shape index (κ2) is 15.0. The smallest absolute Gasteiger partial charge is 0.322 e. The van der Waals surface area contributed by atoms with E-state index < -0.39 is 51.3 Å². The Hall–Kier alpha value is -4.65. The number of para-hydroxylation sites is 1. The number of esters is 3. The van der Waals surface area contributed by atoms with Crippen LogP contribution in [0.2, 0.25) is 0 Å². The first kappa shape index (κ1) is 42.6. The minimum Gasteiger partial charge on any atom is -0.496 e. The van der Waals surface area contributed by atoms with Crippen molar-refractivity contribution in [2.75, 3.05) is 65.5 Å². The third-order valence-electron chi connectivity index (χ3n) is 15.7. The van der Waals surface area contributed by atoms with Crippen molar-refractivity contribution in [3.63, 3.8) is 0 Å². The highest BCUT2D eigenvalue weighted by Crippen LogP contribution is 2.68. The van der Waals surface area contributed by atoms with Crippen LogP contribution in [0.4, 0.5) is 5.69 Å². The van der Waals surface area contributed by atoms with Gasteiger partial charge >= 0.3 is 17.9 Å². The zero-order valence-electron chi connectivity index (χ0n) is 37.9. The van der Waals surface area contributed by atoms with E-state index in [1.165, 1.54) is 19.6 Å². The van der Waals surface area contributed by atoms with Gasteiger partial charge < -0.3 is 33.9 Å². The SMILES string of the molecule is CCC1=C[C@@H]2CN(CCc3c([nH]c4ccccc34)[C@@](C(=O)OC)(c3cc4c(cc3OC)N(C)[C@H]3[C@@](O)(COC(=O)C(C)(C)C)[C@H](OC(C)=O)[C@]5(CC)C=CCN6CC[C@]43[C@@H]65)C2)C1. The number of hydrogen-bond acceptors (Lipinski definition) is 11. The molecule has 12 heteroatoms. The van der Waals surface area contributed by atoms with E-state index in [1.807, 2.05) is 19.2 Å². The highest BCUT2D eigenvalue weighted by molar-refractivity contribution is 5.94. The summed E-state index contributed by atoms with van der Waals surface area (Å²) < 4.78 is 25.0. The number of carbonyl (C=O) groups excluding carboxylic acids is 3. The van der Waals surface area contributed by atoms with Crippen molar-refractivity contribution in [2.24, 2.45) is 16.7 Å². The van der Waals surface area contributed by atoms with Crippen molar-refractivity contribution >= 4 is 34.5 Å². The predicted octanol–water partition coefficient (Wildman–Crippen LogP) is 6.21. The van der Waals surface area contributed by atoms with Crippen LogP contribution in [-0.4, -0.2) is 122 Å². The van der Waals surface area contributed by atoms with Crippen LogP contribution in [0.5, 0.6) is 5.75 Å². The summed E-state index contributed by atoms with van der Waals surface area (Å²) in [6.45, 7) is 14.6. The number of methoxy groups -OCH3 is 2. The number of H-pyrrole nitrogens is 1. The Morgan fingerprint density at radius 2 is 1.81 bits per heavy atom. The molecule has 12 nitrogen and oxygen atoms in total. The largest absolute Gasteiger partial charge is 0.496 e. The fourth-order valence-electron chi connectivity index (χ4n) is 13.4. The molecular formula is C50H64N4O8. The van der Waals surface area contributed by atoms with Crippen molar-refractivity contribution in [1.29, 1.82) is 0 Å². The number of aliphatic hydroxyl groups is 1. The van der Waals surface area contributed by atoms with Crippen LogP contribution in [0.3, 0.4) is 0 Å². The maximum absolute atomic E-state index is 15.4. The van der Waals surface area contributed by atoms with Gasteiger partial charge in [0.15, 0.2) is 5.60 Å². The Kier molecular flexibility index (Phi) is 10.3. The third-order valence-corrected chi connectivity index (χ3v) is 15.7. The highest BCUT2D eigenvalue weighted by atomic mass is 16.6. The van der Waals surface area contributed by atoms with Gasteiger partial charge in [0.05, 0.1) is 25.7 Å². The lowest BCUT2D eigenvalue weighted by molar-refractivity contribution is -0.233. The number of aromatic nitrogens is 1. The summed E-state index contributed by atoms with van der Waals surface area (Å²) in [5, 5.41) is 14.9. The van der Waals surface area contributed by atoms with Gasteiger partial charge in [-0.25, -0.2) is 0 Å². The number of ether oxygens (including phenoxy) is 4. The van der Waals surface area contributed by atoms with Crippen molar-refractivity contribution in [3.05, 3.63) is 82.6 Å². The molecule has 6 heterocycles. The molecule has 6 aliphatic rings. The molecule has 2 N–H and O–H groups in total. The van der Waals surface area contributed by atoms with Crippen molar-refractivity contribution in [3.8, 4) is 5.75 Å². The topological polar surface area (TPSA) is 134 Å². The summed E-state index contributed by atoms with van der Waals surface area (Å²) in [7, 11) is 5.11. The molecule has 9 atom stereocenters. The number of aromatic amines is 1.